The van der Waals surface area contributed by atoms with Crippen molar-refractivity contribution in [1.82, 2.24) is 4.90 Å². The van der Waals surface area contributed by atoms with Crippen LogP contribution in [-0.2, 0) is 0 Å². The Morgan fingerprint density at radius 1 is 1.31 bits per heavy atom. The SMILES string of the molecule is C=CC(C)[C@H](C(C)C)N(C)C(=C)C. The van der Waals surface area contributed by atoms with Gasteiger partial charge in [-0.05, 0) is 18.8 Å². The number of nitrogens with zero attached hydrogens (tertiary/aromatic N) is 1. The summed E-state index contributed by atoms with van der Waals surface area (Å²) >= 11 is 0. The van der Waals surface area contributed by atoms with Gasteiger partial charge in [-0.15, -0.1) is 6.58 Å². The molecule has 0 aliphatic heterocycles. The molecular formula is C12H23N. The van der Waals surface area contributed by atoms with Gasteiger partial charge in [0.2, 0.25) is 0 Å². The van der Waals surface area contributed by atoms with Crippen LogP contribution in [0.5, 0.6) is 0 Å². The second-order valence-corrected chi connectivity index (χ2v) is 4.18. The predicted molar refractivity (Wildman–Crippen MR) is 60.6 cm³/mol. The first kappa shape index (κ1) is 12.3. The number of rotatable bonds is 5. The normalized spacial score (nSPS) is 15.2. The average molecular weight is 181 g/mol. The van der Waals surface area contributed by atoms with Crippen LogP contribution in [0.4, 0.5) is 0 Å². The molecule has 0 N–H and O–H groups in total. The molecule has 0 aliphatic carbocycles. The van der Waals surface area contributed by atoms with Crippen LogP contribution in [0.3, 0.4) is 0 Å². The van der Waals surface area contributed by atoms with Crippen molar-refractivity contribution in [3.05, 3.63) is 24.9 Å². The molecule has 0 aromatic rings. The van der Waals surface area contributed by atoms with Crippen molar-refractivity contribution in [2.45, 2.75) is 33.7 Å². The number of allylic oxidation sites excluding steroid dienone is 1. The average Bonchev–Trinajstić information content (AvgIpc) is 2.03. The molecule has 0 fully saturated rings. The monoisotopic (exact) mass is 181 g/mol. The Labute approximate surface area is 83.1 Å². The first-order chi connectivity index (χ1) is 5.91. The fourth-order valence-corrected chi connectivity index (χ4v) is 1.80. The van der Waals surface area contributed by atoms with Crippen molar-refractivity contribution in [3.63, 3.8) is 0 Å². The molecule has 0 rings (SSSR count). The highest BCUT2D eigenvalue weighted by Crippen LogP contribution is 2.21. The highest BCUT2D eigenvalue weighted by Gasteiger charge is 2.22. The fraction of sp³-hybridized carbons (Fsp3) is 0.667. The van der Waals surface area contributed by atoms with Crippen LogP contribution in [0.15, 0.2) is 24.9 Å². The van der Waals surface area contributed by atoms with Crippen LogP contribution in [0.25, 0.3) is 0 Å². The third kappa shape index (κ3) is 3.25. The molecule has 0 aromatic carbocycles. The summed E-state index contributed by atoms with van der Waals surface area (Å²) in [5.41, 5.74) is 1.12. The molecule has 2 atom stereocenters. The maximum atomic E-state index is 3.97. The zero-order valence-corrected chi connectivity index (χ0v) is 9.67. The van der Waals surface area contributed by atoms with E-state index < -0.39 is 0 Å². The quantitative estimate of drug-likeness (QED) is 0.588. The summed E-state index contributed by atoms with van der Waals surface area (Å²) < 4.78 is 0. The lowest BCUT2D eigenvalue weighted by atomic mass is 9.90. The zero-order valence-electron chi connectivity index (χ0n) is 9.67. The van der Waals surface area contributed by atoms with Gasteiger partial charge in [0.15, 0.2) is 0 Å². The lowest BCUT2D eigenvalue weighted by molar-refractivity contribution is 0.198. The van der Waals surface area contributed by atoms with E-state index in [9.17, 15) is 0 Å². The Balaban J connectivity index is 4.59. The first-order valence-corrected chi connectivity index (χ1v) is 4.92. The van der Waals surface area contributed by atoms with Crippen LogP contribution >= 0.6 is 0 Å². The van der Waals surface area contributed by atoms with E-state index in [0.717, 1.165) is 5.70 Å². The summed E-state index contributed by atoms with van der Waals surface area (Å²) in [7, 11) is 2.10. The van der Waals surface area contributed by atoms with Crippen LogP contribution < -0.4 is 0 Å². The van der Waals surface area contributed by atoms with Gasteiger partial charge >= 0.3 is 0 Å². The lowest BCUT2D eigenvalue weighted by Gasteiger charge is -2.36. The molecule has 1 unspecified atom stereocenters. The molecule has 1 heteroatoms. The van der Waals surface area contributed by atoms with Crippen LogP contribution in [0.1, 0.15) is 27.7 Å². The fourth-order valence-electron chi connectivity index (χ4n) is 1.80. The van der Waals surface area contributed by atoms with Gasteiger partial charge < -0.3 is 4.90 Å². The highest BCUT2D eigenvalue weighted by molar-refractivity contribution is 4.97. The van der Waals surface area contributed by atoms with Gasteiger partial charge in [-0.2, -0.15) is 0 Å². The molecule has 76 valence electrons. The molecule has 13 heavy (non-hydrogen) atoms. The van der Waals surface area contributed by atoms with E-state index >= 15 is 0 Å². The molecule has 0 aliphatic rings. The minimum atomic E-state index is 0.502. The Kier molecular flexibility index (Phi) is 4.82. The molecule has 0 saturated heterocycles. The second-order valence-electron chi connectivity index (χ2n) is 4.18. The van der Waals surface area contributed by atoms with Gasteiger partial charge in [-0.1, -0.05) is 33.4 Å². The van der Waals surface area contributed by atoms with Crippen molar-refractivity contribution in [1.29, 1.82) is 0 Å². The summed E-state index contributed by atoms with van der Waals surface area (Å²) in [4.78, 5) is 2.25. The molecule has 1 nitrogen and oxygen atoms in total. The molecule has 0 aromatic heterocycles. The van der Waals surface area contributed by atoms with E-state index in [0.29, 0.717) is 17.9 Å². The highest BCUT2D eigenvalue weighted by atomic mass is 15.1. The van der Waals surface area contributed by atoms with E-state index in [2.05, 4.69) is 45.9 Å². The van der Waals surface area contributed by atoms with E-state index in [1.165, 1.54) is 0 Å². The maximum Gasteiger partial charge on any atom is 0.0366 e. The molecule has 0 heterocycles. The van der Waals surface area contributed by atoms with Gasteiger partial charge in [0, 0.05) is 18.8 Å². The Bertz CT molecular complexity index is 182. The van der Waals surface area contributed by atoms with Crippen molar-refractivity contribution in [2.75, 3.05) is 7.05 Å². The van der Waals surface area contributed by atoms with Crippen molar-refractivity contribution in [2.24, 2.45) is 11.8 Å². The maximum absolute atomic E-state index is 3.97. The smallest absolute Gasteiger partial charge is 0.0366 e. The van der Waals surface area contributed by atoms with Crippen LogP contribution in [0.2, 0.25) is 0 Å². The number of hydrogen-bond acceptors (Lipinski definition) is 1. The minimum Gasteiger partial charge on any atom is -0.375 e. The summed E-state index contributed by atoms with van der Waals surface area (Å²) in [6, 6.07) is 0.509. The Hall–Kier alpha value is -0.720. The van der Waals surface area contributed by atoms with Crippen LogP contribution in [0, 0.1) is 11.8 Å². The van der Waals surface area contributed by atoms with E-state index in [-0.39, 0.29) is 0 Å². The predicted octanol–water partition coefficient (Wildman–Crippen LogP) is 3.30. The Morgan fingerprint density at radius 2 is 1.77 bits per heavy atom. The van der Waals surface area contributed by atoms with E-state index in [4.69, 9.17) is 0 Å². The zero-order chi connectivity index (χ0) is 10.6. The van der Waals surface area contributed by atoms with Gasteiger partial charge in [-0.25, -0.2) is 0 Å². The van der Waals surface area contributed by atoms with Gasteiger partial charge in [0.1, 0.15) is 0 Å². The summed E-state index contributed by atoms with van der Waals surface area (Å²) in [6.07, 6.45) is 2.02. The van der Waals surface area contributed by atoms with Crippen molar-refractivity contribution in [3.8, 4) is 0 Å². The lowest BCUT2D eigenvalue weighted by Crippen LogP contribution is -2.38. The van der Waals surface area contributed by atoms with Gasteiger partial charge in [0.25, 0.3) is 0 Å². The minimum absolute atomic E-state index is 0.502. The van der Waals surface area contributed by atoms with Gasteiger partial charge in [0.05, 0.1) is 0 Å². The van der Waals surface area contributed by atoms with Crippen molar-refractivity contribution < 1.29 is 0 Å². The molecule has 0 spiro atoms. The summed E-state index contributed by atoms with van der Waals surface area (Å²) in [5, 5.41) is 0. The Morgan fingerprint density at radius 3 is 2.00 bits per heavy atom. The third-order valence-electron chi connectivity index (χ3n) is 2.64. The van der Waals surface area contributed by atoms with E-state index in [1.54, 1.807) is 0 Å². The molecule has 0 amide bonds. The topological polar surface area (TPSA) is 3.24 Å². The number of hydrogen-bond donors (Lipinski definition) is 0. The largest absolute Gasteiger partial charge is 0.375 e. The molecule has 0 saturated carbocycles. The van der Waals surface area contributed by atoms with E-state index in [1.807, 2.05) is 13.0 Å². The molecular weight excluding hydrogens is 158 g/mol. The van der Waals surface area contributed by atoms with Crippen LogP contribution in [-0.4, -0.2) is 18.0 Å². The second kappa shape index (κ2) is 5.11. The molecule has 0 bridgehead atoms. The van der Waals surface area contributed by atoms with Gasteiger partial charge in [-0.3, -0.25) is 0 Å². The van der Waals surface area contributed by atoms with Crippen molar-refractivity contribution >= 4 is 0 Å². The summed E-state index contributed by atoms with van der Waals surface area (Å²) in [5.74, 6) is 1.12. The summed E-state index contributed by atoms with van der Waals surface area (Å²) in [6.45, 7) is 16.5. The first-order valence-electron chi connectivity index (χ1n) is 4.92. The standard InChI is InChI=1S/C12H23N/c1-8-11(6)12(9(2)3)13(7)10(4)5/h8-9,11-12H,1,4H2,2-3,5-7H3/t11?,12-/m0/s1. The third-order valence-corrected chi connectivity index (χ3v) is 2.64. The molecule has 0 radical (unpaired) electrons.